The van der Waals surface area contributed by atoms with E-state index in [1.54, 1.807) is 39.0 Å². The van der Waals surface area contributed by atoms with Gasteiger partial charge in [0.1, 0.15) is 65.9 Å². The van der Waals surface area contributed by atoms with Crippen molar-refractivity contribution in [1.29, 1.82) is 0 Å². The highest BCUT2D eigenvalue weighted by atomic mass is 16.8. The van der Waals surface area contributed by atoms with Gasteiger partial charge in [0.15, 0.2) is 18.1 Å². The van der Waals surface area contributed by atoms with Crippen LogP contribution in [0.3, 0.4) is 0 Å². The van der Waals surface area contributed by atoms with Gasteiger partial charge in [0.25, 0.3) is 0 Å². The minimum atomic E-state index is -1.70. The van der Waals surface area contributed by atoms with Crippen LogP contribution in [0.15, 0.2) is 30.3 Å². The van der Waals surface area contributed by atoms with Crippen LogP contribution in [0.2, 0.25) is 0 Å². The standard InChI is InChI=1S/C49H75N3O17/c1-7-9-11-20-48(21-12-10-8-2)67-39-32-24-49(46(62)51-35(28(3)55)43(60)50-31(26-53)18-19-34(56)66-47(4,5)6)41(44(61)64-32)52(69-42(49)40(39)68-48)25-30-16-13-15-29(23-30)17-14-22-63-45-38(59)37(58)36(57)33(27-54)65-45/h13-17,23,28,31-33,35-42,45,53-55,57-59H,7-12,18-22,24-27H2,1-6H3,(H,50,60)(H,51,62)/t28-,31-,32+,33+,35+,36-,37-,38+,39-,40-,41+,42+,45-,49+/m0/s1. The average molecular weight is 978 g/mol. The molecular weight excluding hydrogens is 903 g/mol. The van der Waals surface area contributed by atoms with Gasteiger partial charge in [-0.05, 0) is 58.1 Å². The van der Waals surface area contributed by atoms with Crippen molar-refractivity contribution in [1.82, 2.24) is 15.7 Å². The lowest BCUT2D eigenvalue weighted by molar-refractivity contribution is -0.298. The minimum absolute atomic E-state index is 0.00839. The highest BCUT2D eigenvalue weighted by Gasteiger charge is 2.76. The van der Waals surface area contributed by atoms with Crippen LogP contribution in [-0.4, -0.2) is 170 Å². The summed E-state index contributed by atoms with van der Waals surface area (Å²) in [6.45, 7) is 9.51. The zero-order chi connectivity index (χ0) is 50.3. The Balaban J connectivity index is 1.25. The van der Waals surface area contributed by atoms with Gasteiger partial charge >= 0.3 is 11.9 Å². The fraction of sp³-hybridized carbons (Fsp3) is 0.755. The Kier molecular flexibility index (Phi) is 18.8. The van der Waals surface area contributed by atoms with Crippen LogP contribution in [-0.2, 0) is 59.0 Å². The van der Waals surface area contributed by atoms with Gasteiger partial charge in [-0.1, -0.05) is 75.9 Å². The number of aliphatic hydroxyl groups excluding tert-OH is 6. The van der Waals surface area contributed by atoms with Crippen molar-refractivity contribution < 1.29 is 83.1 Å². The molecule has 0 spiro atoms. The van der Waals surface area contributed by atoms with Gasteiger partial charge in [-0.15, -0.1) is 0 Å². The number of aliphatic hydroxyl groups is 6. The van der Waals surface area contributed by atoms with E-state index >= 15 is 4.79 Å². The second kappa shape index (κ2) is 23.7. The lowest BCUT2D eigenvalue weighted by Crippen LogP contribution is -2.71. The number of carbonyl (C=O) groups excluding carboxylic acids is 4. The van der Waals surface area contributed by atoms with Crippen molar-refractivity contribution >= 4 is 29.8 Å². The molecule has 69 heavy (non-hydrogen) atoms. The van der Waals surface area contributed by atoms with Crippen molar-refractivity contribution in [3.63, 3.8) is 0 Å². The second-order valence-corrected chi connectivity index (χ2v) is 20.1. The molecule has 4 heterocycles. The Labute approximate surface area is 403 Å². The Bertz CT molecular complexity index is 1920. The first-order valence-electron chi connectivity index (χ1n) is 24.6. The van der Waals surface area contributed by atoms with E-state index in [1.807, 2.05) is 18.2 Å². The van der Waals surface area contributed by atoms with E-state index in [4.69, 9.17) is 33.3 Å². The number of unbranched alkanes of at least 4 members (excludes halogenated alkanes) is 4. The van der Waals surface area contributed by atoms with Gasteiger partial charge < -0.3 is 69.7 Å². The molecule has 388 valence electrons. The molecule has 0 radical (unpaired) electrons. The quantitative estimate of drug-likeness (QED) is 0.0537. The minimum Gasteiger partial charge on any atom is -0.460 e. The van der Waals surface area contributed by atoms with Gasteiger partial charge in [-0.25, -0.2) is 0 Å². The summed E-state index contributed by atoms with van der Waals surface area (Å²) in [5.41, 5.74) is -1.06. The van der Waals surface area contributed by atoms with Crippen LogP contribution < -0.4 is 10.6 Å². The molecule has 2 amide bonds. The third-order valence-corrected chi connectivity index (χ3v) is 13.5. The predicted molar refractivity (Wildman–Crippen MR) is 245 cm³/mol. The number of hydrogen-bond donors (Lipinski definition) is 8. The molecule has 1 aliphatic carbocycles. The van der Waals surface area contributed by atoms with Crippen molar-refractivity contribution in [3.8, 4) is 0 Å². The number of ether oxygens (including phenoxy) is 6. The summed E-state index contributed by atoms with van der Waals surface area (Å²) in [4.78, 5) is 62.8. The molecule has 1 saturated carbocycles. The molecule has 14 atom stereocenters. The van der Waals surface area contributed by atoms with Crippen molar-refractivity contribution in [2.45, 2.75) is 209 Å². The number of amides is 2. The van der Waals surface area contributed by atoms with Crippen LogP contribution in [0.25, 0.3) is 6.08 Å². The molecule has 1 aromatic carbocycles. The molecule has 20 nitrogen and oxygen atoms in total. The van der Waals surface area contributed by atoms with E-state index in [0.717, 1.165) is 38.5 Å². The number of fused-ring (bicyclic) bond motifs is 4. The van der Waals surface area contributed by atoms with E-state index in [9.17, 15) is 45.0 Å². The number of nitrogens with zero attached hydrogens (tertiary/aromatic N) is 1. The van der Waals surface area contributed by atoms with Crippen LogP contribution in [0.4, 0.5) is 0 Å². The van der Waals surface area contributed by atoms with Crippen LogP contribution in [0.1, 0.15) is 123 Å². The lowest BCUT2D eigenvalue weighted by atomic mass is 9.62. The van der Waals surface area contributed by atoms with Gasteiger partial charge in [0.2, 0.25) is 11.8 Å². The summed E-state index contributed by atoms with van der Waals surface area (Å²) < 4.78 is 36.4. The van der Waals surface area contributed by atoms with E-state index in [2.05, 4.69) is 24.5 Å². The smallest absolute Gasteiger partial charge is 0.327 e. The number of hydroxylamine groups is 2. The van der Waals surface area contributed by atoms with Crippen LogP contribution >= 0.6 is 0 Å². The highest BCUT2D eigenvalue weighted by Crippen LogP contribution is 2.58. The molecule has 6 rings (SSSR count). The largest absolute Gasteiger partial charge is 0.460 e. The second-order valence-electron chi connectivity index (χ2n) is 20.1. The molecule has 4 aliphatic heterocycles. The molecule has 8 N–H and O–H groups in total. The number of nitrogens with one attached hydrogen (secondary N) is 2. The first kappa shape index (κ1) is 54.7. The first-order valence-corrected chi connectivity index (χ1v) is 24.6. The molecule has 5 fully saturated rings. The van der Waals surface area contributed by atoms with E-state index in [1.165, 1.54) is 12.0 Å². The molecule has 20 heteroatoms. The Hall–Kier alpha value is -3.64. The predicted octanol–water partition coefficient (Wildman–Crippen LogP) is 1.42. The monoisotopic (exact) mass is 978 g/mol. The summed E-state index contributed by atoms with van der Waals surface area (Å²) >= 11 is 0. The molecular formula is C49H75N3O17. The maximum absolute atomic E-state index is 15.2. The number of esters is 2. The molecule has 0 aromatic heterocycles. The fourth-order valence-corrected chi connectivity index (χ4v) is 10.1. The fourth-order valence-electron chi connectivity index (χ4n) is 10.1. The first-order chi connectivity index (χ1) is 32.8. The maximum atomic E-state index is 15.2. The molecule has 1 aromatic rings. The van der Waals surface area contributed by atoms with E-state index in [-0.39, 0.29) is 32.4 Å². The lowest BCUT2D eigenvalue weighted by Gasteiger charge is -2.49. The third-order valence-electron chi connectivity index (χ3n) is 13.5. The third kappa shape index (κ3) is 12.7. The van der Waals surface area contributed by atoms with Gasteiger partial charge in [-0.3, -0.25) is 24.0 Å². The average Bonchev–Trinajstić information content (AvgIpc) is 3.86. The van der Waals surface area contributed by atoms with Gasteiger partial charge in [0.05, 0.1) is 38.5 Å². The summed E-state index contributed by atoms with van der Waals surface area (Å²) in [5.74, 6) is -3.85. The SMILES string of the molecule is CCCCCC1(CCCCC)O[C@@H]2[C@H](O1)[C@H]1ON(Cc3cccc(C=CCO[C@H]4O[C@H](CO)[C@H](O)[C@H](O)[C@H]4O)c3)[C@@H]3C(=O)O[C@@H]2C[C@]13C(=O)N[C@@H](C(=O)N[C@H](CO)CCC(=O)OC(C)(C)C)[C@H](C)O. The van der Waals surface area contributed by atoms with E-state index in [0.29, 0.717) is 24.0 Å². The number of hydrogen-bond acceptors (Lipinski definition) is 18. The molecule has 4 saturated heterocycles. The summed E-state index contributed by atoms with van der Waals surface area (Å²) in [6, 6.07) is 3.45. The molecule has 2 bridgehead atoms. The van der Waals surface area contributed by atoms with Crippen molar-refractivity contribution in [2.75, 3.05) is 19.8 Å². The van der Waals surface area contributed by atoms with Crippen molar-refractivity contribution in [3.05, 3.63) is 41.5 Å². The van der Waals surface area contributed by atoms with Gasteiger partial charge in [0, 0.05) is 25.7 Å². The summed E-state index contributed by atoms with van der Waals surface area (Å²) in [7, 11) is 0. The highest BCUT2D eigenvalue weighted by molar-refractivity contribution is 5.96. The summed E-state index contributed by atoms with van der Waals surface area (Å²) in [6.07, 6.45) is -2.31. The Morgan fingerprint density at radius 1 is 0.971 bits per heavy atom. The topological polar surface area (TPSA) is 282 Å². The Morgan fingerprint density at radius 3 is 2.30 bits per heavy atom. The molecule has 0 unspecified atom stereocenters. The molecule has 5 aliphatic rings. The zero-order valence-electron chi connectivity index (χ0n) is 40.7. The zero-order valence-corrected chi connectivity index (χ0v) is 40.7. The number of carbonyl (C=O) groups is 4. The summed E-state index contributed by atoms with van der Waals surface area (Å²) in [5, 5.41) is 68.1. The van der Waals surface area contributed by atoms with Crippen LogP contribution in [0, 0.1) is 5.41 Å². The van der Waals surface area contributed by atoms with E-state index < -0.39 is 133 Å². The Morgan fingerprint density at radius 2 is 1.67 bits per heavy atom. The number of rotatable bonds is 24. The van der Waals surface area contributed by atoms with Crippen LogP contribution in [0.5, 0.6) is 0 Å². The van der Waals surface area contributed by atoms with Gasteiger partial charge in [-0.2, -0.15) is 5.06 Å². The normalized spacial score (nSPS) is 32.0. The maximum Gasteiger partial charge on any atom is 0.327 e. The van der Waals surface area contributed by atoms with Crippen molar-refractivity contribution in [2.24, 2.45) is 5.41 Å². The number of benzene rings is 1.